The molecule has 2 aromatic carbocycles. The van der Waals surface area contributed by atoms with E-state index in [0.717, 1.165) is 54.0 Å². The van der Waals surface area contributed by atoms with Gasteiger partial charge < -0.3 is 9.64 Å². The molecule has 0 aliphatic carbocycles. The first-order valence-corrected chi connectivity index (χ1v) is 17.1. The number of rotatable bonds is 14. The van der Waals surface area contributed by atoms with Crippen LogP contribution in [0.25, 0.3) is 5.65 Å². The highest BCUT2D eigenvalue weighted by molar-refractivity contribution is 5.94. The first-order valence-electron chi connectivity index (χ1n) is 17.1. The number of nitrogens with zero attached hydrogens (tertiary/aromatic N) is 3. The summed E-state index contributed by atoms with van der Waals surface area (Å²) >= 11 is 0. The lowest BCUT2D eigenvalue weighted by atomic mass is 10.1. The summed E-state index contributed by atoms with van der Waals surface area (Å²) in [5, 5.41) is 0. The van der Waals surface area contributed by atoms with E-state index in [9.17, 15) is 22.4 Å². The van der Waals surface area contributed by atoms with Crippen molar-refractivity contribution in [3.8, 4) is 5.75 Å². The molecule has 0 amide bonds. The highest BCUT2D eigenvalue weighted by Crippen LogP contribution is 2.25. The Morgan fingerprint density at radius 2 is 1.60 bits per heavy atom. The number of unbranched alkanes of at least 4 members (excludes halogenated alkanes) is 4. The Labute approximate surface area is 284 Å². The van der Waals surface area contributed by atoms with Crippen LogP contribution in [0.4, 0.5) is 23.2 Å². The topological polar surface area (TPSA) is 46.8 Å². The molecule has 0 aliphatic heterocycles. The maximum Gasteiger partial charge on any atom is 0.422 e. The van der Waals surface area contributed by atoms with Crippen molar-refractivity contribution in [1.29, 1.82) is 0 Å². The third-order valence-electron chi connectivity index (χ3n) is 8.04. The van der Waals surface area contributed by atoms with Crippen LogP contribution < -0.4 is 9.64 Å². The lowest BCUT2D eigenvalue weighted by molar-refractivity contribution is -0.153. The van der Waals surface area contributed by atoms with Crippen LogP contribution in [0.15, 0.2) is 66.9 Å². The normalized spacial score (nSPS) is 11.6. The van der Waals surface area contributed by atoms with Crippen LogP contribution in [0.5, 0.6) is 5.75 Å². The van der Waals surface area contributed by atoms with Crippen molar-refractivity contribution in [3.05, 3.63) is 95.2 Å². The third-order valence-corrected chi connectivity index (χ3v) is 8.04. The van der Waals surface area contributed by atoms with Gasteiger partial charge in [-0.1, -0.05) is 64.7 Å². The first kappa shape index (κ1) is 40.3. The number of aryl methyl sites for hydroxylation is 3. The predicted octanol–water partition coefficient (Wildman–Crippen LogP) is 11.1. The van der Waals surface area contributed by atoms with E-state index >= 15 is 0 Å². The number of Topliss-reactive ketones (excluding diaryl/α,β-unsaturated/α-hetero) is 1. The fourth-order valence-corrected chi connectivity index (χ4v) is 5.16. The predicted molar refractivity (Wildman–Crippen MR) is 189 cm³/mol. The third kappa shape index (κ3) is 13.7. The summed E-state index contributed by atoms with van der Waals surface area (Å²) in [4.78, 5) is 17.9. The lowest BCUT2D eigenvalue weighted by Gasteiger charge is -2.31. The van der Waals surface area contributed by atoms with Crippen molar-refractivity contribution in [2.24, 2.45) is 0 Å². The number of alkyl halides is 3. The first-order chi connectivity index (χ1) is 22.8. The Kier molecular flexibility index (Phi) is 17.2. The Hall–Kier alpha value is -3.88. The number of ketones is 1. The molecule has 264 valence electrons. The summed E-state index contributed by atoms with van der Waals surface area (Å²) in [5.41, 5.74) is 5.18. The number of fused-ring (bicyclic) bond motifs is 1. The molecule has 1 atom stereocenters. The van der Waals surface area contributed by atoms with Crippen LogP contribution >= 0.6 is 0 Å². The second-order valence-corrected chi connectivity index (χ2v) is 12.1. The summed E-state index contributed by atoms with van der Waals surface area (Å²) in [7, 11) is 0. The summed E-state index contributed by atoms with van der Waals surface area (Å²) < 4.78 is 56.1. The van der Waals surface area contributed by atoms with E-state index in [4.69, 9.17) is 4.74 Å². The number of benzene rings is 2. The Morgan fingerprint density at radius 3 is 2.19 bits per heavy atom. The van der Waals surface area contributed by atoms with Crippen molar-refractivity contribution < 1.29 is 27.1 Å². The molecule has 0 radical (unpaired) electrons. The van der Waals surface area contributed by atoms with Crippen LogP contribution in [0.2, 0.25) is 0 Å². The van der Waals surface area contributed by atoms with Gasteiger partial charge >= 0.3 is 6.18 Å². The molecule has 0 spiro atoms. The molecule has 0 bridgehead atoms. The number of hydrogen-bond acceptors (Lipinski definition) is 4. The molecular formula is C39H53F4N3O2. The fourth-order valence-electron chi connectivity index (χ4n) is 5.16. The van der Waals surface area contributed by atoms with Crippen LogP contribution in [-0.4, -0.2) is 40.5 Å². The van der Waals surface area contributed by atoms with Gasteiger partial charge in [-0.15, -0.1) is 0 Å². The largest absolute Gasteiger partial charge is 0.484 e. The summed E-state index contributed by atoms with van der Waals surface area (Å²) in [6.07, 6.45) is 6.66. The maximum atomic E-state index is 13.1. The molecule has 0 unspecified atom stereocenters. The van der Waals surface area contributed by atoms with Gasteiger partial charge in [-0.05, 0) is 100 Å². The molecule has 0 N–H and O–H groups in total. The second kappa shape index (κ2) is 20.5. The minimum absolute atomic E-state index is 0.0520. The van der Waals surface area contributed by atoms with Crippen molar-refractivity contribution in [2.45, 2.75) is 112 Å². The van der Waals surface area contributed by atoms with Gasteiger partial charge in [-0.25, -0.2) is 9.37 Å². The van der Waals surface area contributed by atoms with Gasteiger partial charge in [0.1, 0.15) is 22.9 Å². The Bertz CT molecular complexity index is 1520. The number of ether oxygens (including phenoxy) is 1. The molecule has 2 aromatic heterocycles. The van der Waals surface area contributed by atoms with E-state index in [-0.39, 0.29) is 17.3 Å². The number of pyridine rings is 1. The monoisotopic (exact) mass is 671 g/mol. The molecule has 4 aromatic rings. The molecule has 2 heterocycles. The number of anilines is 1. The summed E-state index contributed by atoms with van der Waals surface area (Å²) in [6.45, 7) is 13.6. The molecule has 0 fully saturated rings. The van der Waals surface area contributed by atoms with Gasteiger partial charge in [0.15, 0.2) is 12.4 Å². The van der Waals surface area contributed by atoms with Gasteiger partial charge in [0, 0.05) is 31.4 Å². The fraction of sp³-hybridized carbons (Fsp3) is 0.487. The van der Waals surface area contributed by atoms with Crippen molar-refractivity contribution >= 4 is 17.1 Å². The molecule has 0 saturated carbocycles. The molecule has 9 heteroatoms. The average Bonchev–Trinajstić information content (AvgIpc) is 3.40. The quantitative estimate of drug-likeness (QED) is 0.0760. The molecule has 4 rings (SSSR count). The van der Waals surface area contributed by atoms with Crippen LogP contribution in [0, 0.1) is 19.7 Å². The lowest BCUT2D eigenvalue weighted by Crippen LogP contribution is -2.33. The summed E-state index contributed by atoms with van der Waals surface area (Å²) in [5.74, 6) is 0.226. The van der Waals surface area contributed by atoms with Crippen LogP contribution in [0.1, 0.15) is 107 Å². The van der Waals surface area contributed by atoms with Crippen LogP contribution in [-0.2, 0) is 6.42 Å². The number of carbonyl (C=O) groups excluding carboxylic acids is 1. The van der Waals surface area contributed by atoms with Crippen molar-refractivity contribution in [2.75, 3.05) is 18.1 Å². The van der Waals surface area contributed by atoms with E-state index < -0.39 is 12.8 Å². The van der Waals surface area contributed by atoms with E-state index in [2.05, 4.69) is 37.6 Å². The standard InChI is InChI=1S/C17H26F3NO.C12H17F.C10H10N2O/c1-4-6-7-12-21(14(3)5-2)15-8-10-16(11-9-15)22-13-17(18,19)20;1-3-4-5-6-11-8-7-10(2)12(13)9-11;1-7-10(8(2)13)12-6-4-3-5-9(12)11-7/h8-11,14H,4-7,12-13H2,1-3H3;7-9H,3-6H2,1-2H3;3-6H,1-2H3/t14-;;/m0../s1. The number of aromatic nitrogens is 2. The second-order valence-electron chi connectivity index (χ2n) is 12.1. The Morgan fingerprint density at radius 1 is 0.938 bits per heavy atom. The van der Waals surface area contributed by atoms with Crippen molar-refractivity contribution in [1.82, 2.24) is 9.38 Å². The molecular weight excluding hydrogens is 618 g/mol. The average molecular weight is 672 g/mol. The SMILES string of the molecule is CC(=O)c1c(C)nc2ccccn12.CCCCCN(c1ccc(OCC(F)(F)F)cc1)[C@@H](C)CC.CCCCCc1ccc(C)c(F)c1. The highest BCUT2D eigenvalue weighted by Gasteiger charge is 2.28. The smallest absolute Gasteiger partial charge is 0.422 e. The minimum atomic E-state index is -4.30. The molecule has 48 heavy (non-hydrogen) atoms. The number of hydrogen-bond donors (Lipinski definition) is 0. The maximum absolute atomic E-state index is 13.1. The van der Waals surface area contributed by atoms with Crippen LogP contribution in [0.3, 0.4) is 0 Å². The Balaban J connectivity index is 0.000000264. The number of imidazole rings is 1. The van der Waals surface area contributed by atoms with Gasteiger partial charge in [0.05, 0.1) is 5.69 Å². The molecule has 0 saturated heterocycles. The van der Waals surface area contributed by atoms with Gasteiger partial charge in [0.25, 0.3) is 0 Å². The van der Waals surface area contributed by atoms with E-state index in [1.54, 1.807) is 32.0 Å². The van der Waals surface area contributed by atoms with E-state index in [0.29, 0.717) is 11.7 Å². The molecule has 5 nitrogen and oxygen atoms in total. The number of halogens is 4. The van der Waals surface area contributed by atoms with Gasteiger partial charge in [-0.3, -0.25) is 9.20 Å². The zero-order valence-corrected chi connectivity index (χ0v) is 29.7. The van der Waals surface area contributed by atoms with Gasteiger partial charge in [-0.2, -0.15) is 13.2 Å². The zero-order valence-electron chi connectivity index (χ0n) is 29.7. The summed E-state index contributed by atoms with van der Waals surface area (Å²) in [6, 6.07) is 18.5. The van der Waals surface area contributed by atoms with Crippen molar-refractivity contribution in [3.63, 3.8) is 0 Å². The zero-order chi connectivity index (χ0) is 35.7. The minimum Gasteiger partial charge on any atom is -0.484 e. The van der Waals surface area contributed by atoms with E-state index in [1.165, 1.54) is 32.1 Å². The van der Waals surface area contributed by atoms with Gasteiger partial charge in [0.2, 0.25) is 0 Å². The molecule has 0 aliphatic rings. The number of carbonyl (C=O) groups is 1. The highest BCUT2D eigenvalue weighted by atomic mass is 19.4. The van der Waals surface area contributed by atoms with E-state index in [1.807, 2.05) is 60.0 Å².